The van der Waals surface area contributed by atoms with Gasteiger partial charge in [0.2, 0.25) is 11.8 Å². The standard InChI is InChI=1S/C22H26N2O4/c25-21(16-27-15-19-9-5-2-6-10-19)23-13-20-14-24(22(26)17-28-20)12-11-18-7-3-1-4-8-18/h1-10,20H,11-17H2,(H,23,25). The Hall–Kier alpha value is -2.70. The highest BCUT2D eigenvalue weighted by Crippen LogP contribution is 2.08. The monoisotopic (exact) mass is 382 g/mol. The Morgan fingerprint density at radius 1 is 1.07 bits per heavy atom. The number of carbonyl (C=O) groups excluding carboxylic acids is 2. The van der Waals surface area contributed by atoms with Crippen LogP contribution in [-0.4, -0.2) is 55.7 Å². The average molecular weight is 382 g/mol. The number of morpholine rings is 1. The summed E-state index contributed by atoms with van der Waals surface area (Å²) in [4.78, 5) is 25.8. The Kier molecular flexibility index (Phi) is 7.58. The molecular formula is C22H26N2O4. The number of carbonyl (C=O) groups is 2. The first-order valence-electron chi connectivity index (χ1n) is 9.52. The molecule has 0 saturated carbocycles. The molecule has 6 nitrogen and oxygen atoms in total. The molecule has 1 atom stereocenters. The molecule has 2 aromatic carbocycles. The molecule has 1 heterocycles. The van der Waals surface area contributed by atoms with Crippen LogP contribution in [0.2, 0.25) is 0 Å². The zero-order valence-corrected chi connectivity index (χ0v) is 15.9. The number of nitrogens with one attached hydrogen (secondary N) is 1. The van der Waals surface area contributed by atoms with Crippen molar-refractivity contribution in [2.75, 3.05) is 32.8 Å². The lowest BCUT2D eigenvalue weighted by Crippen LogP contribution is -2.51. The van der Waals surface area contributed by atoms with E-state index < -0.39 is 0 Å². The Labute approximate surface area is 165 Å². The lowest BCUT2D eigenvalue weighted by Gasteiger charge is -2.33. The summed E-state index contributed by atoms with van der Waals surface area (Å²) in [7, 11) is 0. The minimum atomic E-state index is -0.202. The summed E-state index contributed by atoms with van der Waals surface area (Å²) >= 11 is 0. The van der Waals surface area contributed by atoms with Gasteiger partial charge in [0, 0.05) is 19.6 Å². The molecule has 1 unspecified atom stereocenters. The van der Waals surface area contributed by atoms with Gasteiger partial charge in [-0.1, -0.05) is 60.7 Å². The van der Waals surface area contributed by atoms with Gasteiger partial charge in [0.1, 0.15) is 13.2 Å². The molecule has 6 heteroatoms. The SMILES string of the molecule is O=C(COCc1ccccc1)NCC1CN(CCc2ccccc2)C(=O)CO1. The summed E-state index contributed by atoms with van der Waals surface area (Å²) < 4.78 is 11.0. The maximum atomic E-state index is 12.1. The predicted molar refractivity (Wildman–Crippen MR) is 106 cm³/mol. The van der Waals surface area contributed by atoms with E-state index in [1.165, 1.54) is 5.56 Å². The third-order valence-corrected chi connectivity index (χ3v) is 4.60. The molecule has 148 valence electrons. The molecule has 2 aromatic rings. The van der Waals surface area contributed by atoms with E-state index in [2.05, 4.69) is 17.4 Å². The van der Waals surface area contributed by atoms with Crippen LogP contribution in [0.25, 0.3) is 0 Å². The fraction of sp³-hybridized carbons (Fsp3) is 0.364. The predicted octanol–water partition coefficient (Wildman–Crippen LogP) is 1.79. The minimum absolute atomic E-state index is 0.00172. The summed E-state index contributed by atoms with van der Waals surface area (Å²) in [6.45, 7) is 1.95. The van der Waals surface area contributed by atoms with Gasteiger partial charge in [0.05, 0.1) is 12.7 Å². The molecule has 0 spiro atoms. The van der Waals surface area contributed by atoms with Crippen LogP contribution in [0.1, 0.15) is 11.1 Å². The van der Waals surface area contributed by atoms with Gasteiger partial charge in [0.15, 0.2) is 0 Å². The number of nitrogens with zero attached hydrogens (tertiary/aromatic N) is 1. The fourth-order valence-electron chi connectivity index (χ4n) is 3.04. The number of amides is 2. The van der Waals surface area contributed by atoms with Gasteiger partial charge in [-0.2, -0.15) is 0 Å². The van der Waals surface area contributed by atoms with Crippen LogP contribution in [-0.2, 0) is 32.1 Å². The maximum Gasteiger partial charge on any atom is 0.248 e. The second-order valence-corrected chi connectivity index (χ2v) is 6.79. The van der Waals surface area contributed by atoms with Crippen LogP contribution < -0.4 is 5.32 Å². The van der Waals surface area contributed by atoms with Crippen molar-refractivity contribution in [3.8, 4) is 0 Å². The van der Waals surface area contributed by atoms with Gasteiger partial charge in [-0.05, 0) is 17.5 Å². The molecule has 1 N–H and O–H groups in total. The smallest absolute Gasteiger partial charge is 0.248 e. The molecule has 2 amide bonds. The summed E-state index contributed by atoms with van der Waals surface area (Å²) in [5.74, 6) is -0.197. The van der Waals surface area contributed by atoms with E-state index in [1.807, 2.05) is 48.5 Å². The minimum Gasteiger partial charge on any atom is -0.367 e. The Morgan fingerprint density at radius 2 is 1.75 bits per heavy atom. The second-order valence-electron chi connectivity index (χ2n) is 6.79. The highest BCUT2D eigenvalue weighted by molar-refractivity contribution is 5.78. The average Bonchev–Trinajstić information content (AvgIpc) is 2.74. The molecule has 3 rings (SSSR count). The molecule has 0 aliphatic carbocycles. The highest BCUT2D eigenvalue weighted by Gasteiger charge is 2.26. The van der Waals surface area contributed by atoms with E-state index in [-0.39, 0.29) is 31.1 Å². The molecule has 1 aliphatic rings. The van der Waals surface area contributed by atoms with E-state index in [9.17, 15) is 9.59 Å². The van der Waals surface area contributed by atoms with E-state index in [0.29, 0.717) is 26.2 Å². The Balaban J connectivity index is 1.35. The number of benzene rings is 2. The van der Waals surface area contributed by atoms with Gasteiger partial charge in [-0.25, -0.2) is 0 Å². The van der Waals surface area contributed by atoms with Crippen LogP contribution in [0.4, 0.5) is 0 Å². The lowest BCUT2D eigenvalue weighted by molar-refractivity contribution is -0.148. The molecule has 1 aliphatic heterocycles. The maximum absolute atomic E-state index is 12.1. The molecule has 0 aromatic heterocycles. The van der Waals surface area contributed by atoms with Gasteiger partial charge in [-0.15, -0.1) is 0 Å². The van der Waals surface area contributed by atoms with Gasteiger partial charge >= 0.3 is 0 Å². The van der Waals surface area contributed by atoms with Gasteiger partial charge < -0.3 is 19.7 Å². The molecule has 0 radical (unpaired) electrons. The number of ether oxygens (including phenoxy) is 2. The largest absolute Gasteiger partial charge is 0.367 e. The quantitative estimate of drug-likeness (QED) is 0.718. The van der Waals surface area contributed by atoms with E-state index >= 15 is 0 Å². The van der Waals surface area contributed by atoms with Gasteiger partial charge in [0.25, 0.3) is 0 Å². The third kappa shape index (κ3) is 6.48. The van der Waals surface area contributed by atoms with Crippen molar-refractivity contribution in [2.45, 2.75) is 19.1 Å². The second kappa shape index (κ2) is 10.6. The van der Waals surface area contributed by atoms with Crippen LogP contribution in [0.5, 0.6) is 0 Å². The first-order chi connectivity index (χ1) is 13.7. The van der Waals surface area contributed by atoms with Gasteiger partial charge in [-0.3, -0.25) is 9.59 Å². The Morgan fingerprint density at radius 3 is 2.46 bits per heavy atom. The van der Waals surface area contributed by atoms with Crippen LogP contribution in [0, 0.1) is 0 Å². The zero-order chi connectivity index (χ0) is 19.6. The summed E-state index contributed by atoms with van der Waals surface area (Å²) in [6, 6.07) is 19.8. The molecular weight excluding hydrogens is 356 g/mol. The van der Waals surface area contributed by atoms with Crippen LogP contribution in [0.3, 0.4) is 0 Å². The number of rotatable bonds is 9. The third-order valence-electron chi connectivity index (χ3n) is 4.60. The zero-order valence-electron chi connectivity index (χ0n) is 15.9. The molecule has 1 fully saturated rings. The number of hydrogen-bond acceptors (Lipinski definition) is 4. The van der Waals surface area contributed by atoms with Crippen molar-refractivity contribution in [3.63, 3.8) is 0 Å². The summed E-state index contributed by atoms with van der Waals surface area (Å²) in [6.07, 6.45) is 0.602. The highest BCUT2D eigenvalue weighted by atomic mass is 16.5. The number of hydrogen-bond donors (Lipinski definition) is 1. The van der Waals surface area contributed by atoms with Crippen molar-refractivity contribution >= 4 is 11.8 Å². The molecule has 0 bridgehead atoms. The first kappa shape index (κ1) is 20.0. The van der Waals surface area contributed by atoms with Crippen LogP contribution >= 0.6 is 0 Å². The molecule has 1 saturated heterocycles. The summed E-state index contributed by atoms with van der Waals surface area (Å²) in [5.41, 5.74) is 2.22. The van der Waals surface area contributed by atoms with Crippen molar-refractivity contribution in [1.82, 2.24) is 10.2 Å². The topological polar surface area (TPSA) is 67.9 Å². The molecule has 28 heavy (non-hydrogen) atoms. The summed E-state index contributed by atoms with van der Waals surface area (Å²) in [5, 5.41) is 2.82. The van der Waals surface area contributed by atoms with Crippen molar-refractivity contribution in [2.24, 2.45) is 0 Å². The van der Waals surface area contributed by atoms with Crippen molar-refractivity contribution < 1.29 is 19.1 Å². The fourth-order valence-corrected chi connectivity index (χ4v) is 3.04. The van der Waals surface area contributed by atoms with E-state index in [4.69, 9.17) is 9.47 Å². The van der Waals surface area contributed by atoms with E-state index in [0.717, 1.165) is 12.0 Å². The van der Waals surface area contributed by atoms with E-state index in [1.54, 1.807) is 4.90 Å². The first-order valence-corrected chi connectivity index (χ1v) is 9.52. The normalized spacial score (nSPS) is 16.8. The Bertz CT molecular complexity index is 752. The van der Waals surface area contributed by atoms with Crippen LogP contribution in [0.15, 0.2) is 60.7 Å². The van der Waals surface area contributed by atoms with Crippen molar-refractivity contribution in [1.29, 1.82) is 0 Å². The van der Waals surface area contributed by atoms with Crippen molar-refractivity contribution in [3.05, 3.63) is 71.8 Å². The lowest BCUT2D eigenvalue weighted by atomic mass is 10.1.